The standard InChI is InChI=1S/C30H42ClN7OSi/c1-29(2,3)40(6,7)39-19-30(4)18-35-28-23(17-32)14-22(15-24(28)30)25(33-5)10-12-34-20-36-27-16-26(31)37-38(27)13-11-21-8-9-21/h10,12,14-16,21,35-36H,5,8-9,11,13,18-20H2,1-4,6-7H3/b25-10-,34-12?/t30-/m1/s1. The van der Waals surface area contributed by atoms with E-state index >= 15 is 0 Å². The Morgan fingerprint density at radius 2 is 2.12 bits per heavy atom. The van der Waals surface area contributed by atoms with Crippen molar-refractivity contribution in [2.75, 3.05) is 30.5 Å². The van der Waals surface area contributed by atoms with Gasteiger partial charge in [-0.15, -0.1) is 0 Å². The number of aliphatic imine (C=N–C) groups is 2. The molecule has 2 heterocycles. The normalized spacial score (nSPS) is 19.4. The lowest BCUT2D eigenvalue weighted by molar-refractivity contribution is 0.220. The van der Waals surface area contributed by atoms with Gasteiger partial charge in [0, 0.05) is 43.0 Å². The van der Waals surface area contributed by atoms with Crippen molar-refractivity contribution in [3.05, 3.63) is 46.1 Å². The first kappa shape index (κ1) is 30.0. The summed E-state index contributed by atoms with van der Waals surface area (Å²) in [5.74, 6) is 1.68. The molecule has 1 aromatic heterocycles. The van der Waals surface area contributed by atoms with Crippen molar-refractivity contribution in [1.29, 1.82) is 5.26 Å². The molecule has 0 saturated heterocycles. The smallest absolute Gasteiger partial charge is 0.192 e. The highest BCUT2D eigenvalue weighted by Gasteiger charge is 2.42. The average Bonchev–Trinajstić information content (AvgIpc) is 3.58. The number of rotatable bonds is 12. The van der Waals surface area contributed by atoms with Crippen LogP contribution in [0.4, 0.5) is 11.5 Å². The molecule has 0 unspecified atom stereocenters. The van der Waals surface area contributed by atoms with Crippen LogP contribution in [0.1, 0.15) is 63.6 Å². The zero-order valence-electron chi connectivity index (χ0n) is 24.6. The van der Waals surface area contributed by atoms with Crippen LogP contribution in [0.15, 0.2) is 34.3 Å². The summed E-state index contributed by atoms with van der Waals surface area (Å²) in [6, 6.07) is 8.15. The van der Waals surface area contributed by atoms with Crippen molar-refractivity contribution in [1.82, 2.24) is 9.78 Å². The number of nitrogens with zero attached hydrogens (tertiary/aromatic N) is 5. The van der Waals surface area contributed by atoms with Gasteiger partial charge >= 0.3 is 0 Å². The maximum absolute atomic E-state index is 9.94. The van der Waals surface area contributed by atoms with E-state index in [9.17, 15) is 5.26 Å². The first-order chi connectivity index (χ1) is 18.9. The van der Waals surface area contributed by atoms with Gasteiger partial charge in [0.2, 0.25) is 0 Å². The minimum absolute atomic E-state index is 0.122. The van der Waals surface area contributed by atoms with Crippen LogP contribution in [0.25, 0.3) is 5.70 Å². The molecule has 8 nitrogen and oxygen atoms in total. The molecule has 2 N–H and O–H groups in total. The number of hydrogen-bond donors (Lipinski definition) is 2. The number of hydrogen-bond acceptors (Lipinski definition) is 7. The molecule has 2 aliphatic rings. The average molecular weight is 580 g/mol. The molecule has 10 heteroatoms. The molecular formula is C30H42ClN7OSi. The van der Waals surface area contributed by atoms with Gasteiger partial charge in [-0.3, -0.25) is 9.98 Å². The van der Waals surface area contributed by atoms with Gasteiger partial charge in [0.25, 0.3) is 0 Å². The van der Waals surface area contributed by atoms with Gasteiger partial charge in [-0.25, -0.2) is 4.68 Å². The lowest BCUT2D eigenvalue weighted by atomic mass is 9.83. The molecule has 40 heavy (non-hydrogen) atoms. The molecule has 1 aromatic carbocycles. The number of allylic oxidation sites excluding steroid dienone is 1. The van der Waals surface area contributed by atoms with E-state index < -0.39 is 8.32 Å². The summed E-state index contributed by atoms with van der Waals surface area (Å²) in [5.41, 5.74) is 3.76. The highest BCUT2D eigenvalue weighted by molar-refractivity contribution is 6.74. The Hall–Kier alpha value is -2.93. The summed E-state index contributed by atoms with van der Waals surface area (Å²) in [5, 5.41) is 21.7. The van der Waals surface area contributed by atoms with Crippen LogP contribution >= 0.6 is 11.6 Å². The van der Waals surface area contributed by atoms with Gasteiger partial charge in [0.15, 0.2) is 13.5 Å². The fourth-order valence-corrected chi connectivity index (χ4v) is 5.87. The minimum atomic E-state index is -1.93. The van der Waals surface area contributed by atoms with Gasteiger partial charge in [-0.05, 0) is 61.0 Å². The molecule has 0 spiro atoms. The van der Waals surface area contributed by atoms with Crippen LogP contribution in [0.5, 0.6) is 0 Å². The quantitative estimate of drug-likeness (QED) is 0.206. The van der Waals surface area contributed by atoms with E-state index in [0.717, 1.165) is 41.5 Å². The predicted molar refractivity (Wildman–Crippen MR) is 169 cm³/mol. The summed E-state index contributed by atoms with van der Waals surface area (Å²) < 4.78 is 8.54. The summed E-state index contributed by atoms with van der Waals surface area (Å²) in [6.45, 7) is 19.8. The molecule has 2 aromatic rings. The fraction of sp³-hybridized carbons (Fsp3) is 0.533. The predicted octanol–water partition coefficient (Wildman–Crippen LogP) is 7.10. The molecule has 1 saturated carbocycles. The molecule has 0 radical (unpaired) electrons. The van der Waals surface area contributed by atoms with E-state index in [2.05, 4.69) is 85.4 Å². The van der Waals surface area contributed by atoms with Gasteiger partial charge in [-0.1, -0.05) is 52.1 Å². The number of nitriles is 1. The summed E-state index contributed by atoms with van der Waals surface area (Å²) in [4.78, 5) is 8.74. The number of halogens is 1. The minimum Gasteiger partial charge on any atom is -0.416 e. The lowest BCUT2D eigenvalue weighted by Gasteiger charge is -2.39. The van der Waals surface area contributed by atoms with Crippen LogP contribution in [-0.2, 0) is 16.4 Å². The van der Waals surface area contributed by atoms with Crippen molar-refractivity contribution < 1.29 is 4.43 Å². The number of aromatic nitrogens is 2. The van der Waals surface area contributed by atoms with Crippen molar-refractivity contribution in [2.45, 2.75) is 77.0 Å². The molecule has 0 amide bonds. The third-order valence-electron chi connectivity index (χ3n) is 8.47. The van der Waals surface area contributed by atoms with E-state index in [4.69, 9.17) is 16.0 Å². The first-order valence-electron chi connectivity index (χ1n) is 14.0. The molecule has 1 fully saturated rings. The highest BCUT2D eigenvalue weighted by Crippen LogP contribution is 2.43. The number of benzene rings is 1. The van der Waals surface area contributed by atoms with Crippen LogP contribution in [0, 0.1) is 17.2 Å². The van der Waals surface area contributed by atoms with Gasteiger partial charge in [0.05, 0.1) is 16.9 Å². The zero-order valence-corrected chi connectivity index (χ0v) is 26.4. The molecule has 4 rings (SSSR count). The Kier molecular flexibility index (Phi) is 8.93. The molecule has 1 aliphatic heterocycles. The number of fused-ring (bicyclic) bond motifs is 1. The molecule has 214 valence electrons. The van der Waals surface area contributed by atoms with Crippen molar-refractivity contribution in [3.8, 4) is 6.07 Å². The van der Waals surface area contributed by atoms with E-state index in [1.807, 2.05) is 22.9 Å². The van der Waals surface area contributed by atoms with Crippen LogP contribution in [0.3, 0.4) is 0 Å². The summed E-state index contributed by atoms with van der Waals surface area (Å²) in [6.07, 6.45) is 7.28. The topological polar surface area (TPSA) is 99.6 Å². The summed E-state index contributed by atoms with van der Waals surface area (Å²) >= 11 is 6.14. The van der Waals surface area contributed by atoms with E-state index in [0.29, 0.717) is 36.2 Å². The van der Waals surface area contributed by atoms with Gasteiger partial charge in [-0.2, -0.15) is 10.4 Å². The third kappa shape index (κ3) is 6.85. The SMILES string of the molecule is C=N/C(=C\C=NCNc1cc(Cl)nn1CCC1CC1)c1cc(C#N)c2c(c1)[C@@](C)(CO[Si](C)(C)C(C)(C)C)CN2. The third-order valence-corrected chi connectivity index (χ3v) is 13.1. The largest absolute Gasteiger partial charge is 0.416 e. The lowest BCUT2D eigenvalue weighted by Crippen LogP contribution is -2.45. The van der Waals surface area contributed by atoms with E-state index in [1.165, 1.54) is 12.8 Å². The second kappa shape index (κ2) is 11.9. The number of nitrogens with one attached hydrogen (secondary N) is 2. The second-order valence-corrected chi connectivity index (χ2v) is 17.9. The second-order valence-electron chi connectivity index (χ2n) is 12.7. The Bertz CT molecular complexity index is 1350. The van der Waals surface area contributed by atoms with E-state index in [-0.39, 0.29) is 10.5 Å². The Morgan fingerprint density at radius 1 is 1.38 bits per heavy atom. The van der Waals surface area contributed by atoms with Crippen molar-refractivity contribution >= 4 is 50.1 Å². The number of anilines is 2. The van der Waals surface area contributed by atoms with Crippen LogP contribution < -0.4 is 10.6 Å². The maximum Gasteiger partial charge on any atom is 0.192 e. The molecule has 1 atom stereocenters. The van der Waals surface area contributed by atoms with Crippen LogP contribution in [0.2, 0.25) is 23.3 Å². The van der Waals surface area contributed by atoms with Gasteiger partial charge in [0.1, 0.15) is 18.6 Å². The maximum atomic E-state index is 9.94. The Balaban J connectivity index is 1.48. The Labute approximate surface area is 244 Å². The molecule has 1 aliphatic carbocycles. The fourth-order valence-electron chi connectivity index (χ4n) is 4.56. The number of aryl methyl sites for hydroxylation is 1. The zero-order chi connectivity index (χ0) is 29.1. The molecule has 0 bridgehead atoms. The van der Waals surface area contributed by atoms with E-state index in [1.54, 1.807) is 6.21 Å². The van der Waals surface area contributed by atoms with Crippen molar-refractivity contribution in [3.63, 3.8) is 0 Å². The van der Waals surface area contributed by atoms with Crippen molar-refractivity contribution in [2.24, 2.45) is 15.9 Å². The first-order valence-corrected chi connectivity index (χ1v) is 17.3. The summed E-state index contributed by atoms with van der Waals surface area (Å²) in [7, 11) is -1.93. The highest BCUT2D eigenvalue weighted by atomic mass is 35.5. The van der Waals surface area contributed by atoms with Crippen LogP contribution in [-0.4, -0.2) is 50.9 Å². The van der Waals surface area contributed by atoms with Gasteiger partial charge < -0.3 is 15.1 Å². The monoisotopic (exact) mass is 579 g/mol. The molecular weight excluding hydrogens is 538 g/mol. The Morgan fingerprint density at radius 3 is 2.77 bits per heavy atom.